The molecule has 0 aromatic carbocycles. The Bertz CT molecular complexity index is 326. The number of hydrogen-bond acceptors (Lipinski definition) is 2. The first kappa shape index (κ1) is 22.5. The van der Waals surface area contributed by atoms with Crippen molar-refractivity contribution in [3.63, 3.8) is 0 Å². The molecule has 1 aliphatic rings. The lowest BCUT2D eigenvalue weighted by molar-refractivity contribution is -0.0722. The van der Waals surface area contributed by atoms with E-state index in [2.05, 4.69) is 20.4 Å². The lowest BCUT2D eigenvalue weighted by atomic mass is 9.85. The van der Waals surface area contributed by atoms with Crippen LogP contribution in [-0.4, -0.2) is 17.3 Å². The van der Waals surface area contributed by atoms with Crippen molar-refractivity contribution in [2.45, 2.75) is 129 Å². The Kier molecular flexibility index (Phi) is 13.2. The third-order valence-corrected chi connectivity index (χ3v) is 5.68. The van der Waals surface area contributed by atoms with E-state index in [0.717, 1.165) is 25.0 Å². The van der Waals surface area contributed by atoms with Crippen molar-refractivity contribution in [1.29, 1.82) is 0 Å². The van der Waals surface area contributed by atoms with Gasteiger partial charge >= 0.3 is 0 Å². The highest BCUT2D eigenvalue weighted by Gasteiger charge is 2.37. The molecule has 1 aliphatic heterocycles. The van der Waals surface area contributed by atoms with Crippen LogP contribution in [0.3, 0.4) is 0 Å². The summed E-state index contributed by atoms with van der Waals surface area (Å²) in [5.74, 6) is 1.45. The van der Waals surface area contributed by atoms with Crippen molar-refractivity contribution in [2.24, 2.45) is 5.92 Å². The molecule has 0 amide bonds. The normalized spacial score (nSPS) is 21.0. The Morgan fingerprint density at radius 2 is 1.36 bits per heavy atom. The summed E-state index contributed by atoms with van der Waals surface area (Å²) in [4.78, 5) is 0. The van der Waals surface area contributed by atoms with Crippen molar-refractivity contribution < 1.29 is 9.84 Å². The summed E-state index contributed by atoms with van der Waals surface area (Å²) in [5, 5.41) is 10.3. The van der Waals surface area contributed by atoms with Gasteiger partial charge in [-0.25, -0.2) is 0 Å². The average molecular weight is 353 g/mol. The molecule has 0 aromatic rings. The summed E-state index contributed by atoms with van der Waals surface area (Å²) in [5.41, 5.74) is 0. The molecule has 0 radical (unpaired) electrons. The highest BCUT2D eigenvalue weighted by atomic mass is 16.5. The van der Waals surface area contributed by atoms with Gasteiger partial charge in [-0.15, -0.1) is 0 Å². The highest BCUT2D eigenvalue weighted by molar-refractivity contribution is 5.05. The first-order valence-corrected chi connectivity index (χ1v) is 11.2. The van der Waals surface area contributed by atoms with Crippen molar-refractivity contribution in [3.8, 4) is 0 Å². The monoisotopic (exact) mass is 352 g/mol. The zero-order valence-electron chi connectivity index (χ0n) is 17.1. The summed E-state index contributed by atoms with van der Waals surface area (Å²) >= 11 is 0. The van der Waals surface area contributed by atoms with E-state index in [0.29, 0.717) is 5.92 Å². The van der Waals surface area contributed by atoms with E-state index in [1.54, 1.807) is 0 Å². The van der Waals surface area contributed by atoms with Crippen molar-refractivity contribution in [1.82, 2.24) is 0 Å². The predicted molar refractivity (Wildman–Crippen MR) is 109 cm³/mol. The zero-order chi connectivity index (χ0) is 18.3. The van der Waals surface area contributed by atoms with Crippen LogP contribution < -0.4 is 0 Å². The second-order valence-corrected chi connectivity index (χ2v) is 8.09. The quantitative estimate of drug-likeness (QED) is 0.281. The van der Waals surface area contributed by atoms with Gasteiger partial charge in [0.25, 0.3) is 0 Å². The lowest BCUT2D eigenvalue weighted by Gasteiger charge is -2.40. The summed E-state index contributed by atoms with van der Waals surface area (Å²) in [7, 11) is 0. The molecule has 1 rings (SSSR count). The van der Waals surface area contributed by atoms with Crippen molar-refractivity contribution in [3.05, 3.63) is 12.3 Å². The van der Waals surface area contributed by atoms with Gasteiger partial charge in [-0.2, -0.15) is 0 Å². The van der Waals surface area contributed by atoms with Crippen LogP contribution in [-0.2, 0) is 4.74 Å². The standard InChI is InChI=1S/C23H44O2/c1-4-6-8-10-11-12-13-14-15-17-21(24)19-23-22(20(3)25-23)18-16-9-7-5-2/h21-24H,3-19H2,1-2H3/t21-,22-,23?/m1/s1. The van der Waals surface area contributed by atoms with E-state index in [1.165, 1.54) is 83.5 Å². The van der Waals surface area contributed by atoms with Crippen LogP contribution >= 0.6 is 0 Å². The third kappa shape index (κ3) is 10.3. The number of aliphatic hydroxyl groups excluding tert-OH is 1. The lowest BCUT2D eigenvalue weighted by Crippen LogP contribution is -2.39. The van der Waals surface area contributed by atoms with Gasteiger partial charge < -0.3 is 9.84 Å². The van der Waals surface area contributed by atoms with E-state index in [1.807, 2.05) is 0 Å². The minimum absolute atomic E-state index is 0.194. The zero-order valence-corrected chi connectivity index (χ0v) is 17.1. The maximum absolute atomic E-state index is 10.3. The second kappa shape index (κ2) is 14.6. The minimum atomic E-state index is -0.194. The first-order chi connectivity index (χ1) is 12.2. The highest BCUT2D eigenvalue weighted by Crippen LogP contribution is 2.38. The van der Waals surface area contributed by atoms with Gasteiger partial charge in [-0.1, -0.05) is 104 Å². The van der Waals surface area contributed by atoms with E-state index in [4.69, 9.17) is 4.74 Å². The van der Waals surface area contributed by atoms with Gasteiger partial charge in [0.1, 0.15) is 6.10 Å². The fourth-order valence-corrected chi connectivity index (χ4v) is 3.93. The van der Waals surface area contributed by atoms with Crippen LogP contribution in [0.5, 0.6) is 0 Å². The second-order valence-electron chi connectivity index (χ2n) is 8.09. The summed E-state index contributed by atoms with van der Waals surface area (Å²) in [6.45, 7) is 8.53. The Morgan fingerprint density at radius 3 is 1.92 bits per heavy atom. The fourth-order valence-electron chi connectivity index (χ4n) is 3.93. The van der Waals surface area contributed by atoms with Gasteiger partial charge in [-0.05, 0) is 12.8 Å². The van der Waals surface area contributed by atoms with Crippen molar-refractivity contribution in [2.75, 3.05) is 0 Å². The van der Waals surface area contributed by atoms with Crippen LogP contribution in [0, 0.1) is 5.92 Å². The van der Waals surface area contributed by atoms with Crippen LogP contribution in [0.25, 0.3) is 0 Å². The molecular formula is C23H44O2. The Labute approximate surface area is 157 Å². The van der Waals surface area contributed by atoms with E-state index in [-0.39, 0.29) is 12.2 Å². The van der Waals surface area contributed by atoms with Gasteiger partial charge in [-0.3, -0.25) is 0 Å². The molecular weight excluding hydrogens is 308 g/mol. The number of hydrogen-bond donors (Lipinski definition) is 1. The van der Waals surface area contributed by atoms with Crippen LogP contribution in [0.4, 0.5) is 0 Å². The molecule has 1 unspecified atom stereocenters. The number of aliphatic hydroxyl groups is 1. The molecule has 1 saturated heterocycles. The topological polar surface area (TPSA) is 29.5 Å². The third-order valence-electron chi connectivity index (χ3n) is 5.68. The molecule has 0 spiro atoms. The summed E-state index contributed by atoms with van der Waals surface area (Å²) in [6, 6.07) is 0. The molecule has 2 nitrogen and oxygen atoms in total. The summed E-state index contributed by atoms with van der Waals surface area (Å²) < 4.78 is 5.72. The molecule has 3 atom stereocenters. The largest absolute Gasteiger partial charge is 0.494 e. The van der Waals surface area contributed by atoms with Gasteiger partial charge in [0.2, 0.25) is 0 Å². The Morgan fingerprint density at radius 1 is 0.840 bits per heavy atom. The van der Waals surface area contributed by atoms with Crippen LogP contribution in [0.1, 0.15) is 117 Å². The minimum Gasteiger partial charge on any atom is -0.494 e. The molecule has 25 heavy (non-hydrogen) atoms. The molecule has 0 bridgehead atoms. The van der Waals surface area contributed by atoms with Crippen molar-refractivity contribution >= 4 is 0 Å². The van der Waals surface area contributed by atoms with E-state index in [9.17, 15) is 5.11 Å². The van der Waals surface area contributed by atoms with Gasteiger partial charge in [0.05, 0.1) is 17.8 Å². The van der Waals surface area contributed by atoms with E-state index < -0.39 is 0 Å². The molecule has 0 aromatic heterocycles. The molecule has 148 valence electrons. The maximum Gasteiger partial charge on any atom is 0.110 e. The Hall–Kier alpha value is -0.500. The SMILES string of the molecule is C=C1OC(C[C@H](O)CCCCCCCCCCC)[C@@H]1CCCCCC. The fraction of sp³-hybridized carbons (Fsp3) is 0.913. The van der Waals surface area contributed by atoms with E-state index >= 15 is 0 Å². The first-order valence-electron chi connectivity index (χ1n) is 11.2. The number of unbranched alkanes of at least 4 members (excludes halogenated alkanes) is 11. The average Bonchev–Trinajstić information content (AvgIpc) is 2.59. The molecule has 1 N–H and O–H groups in total. The molecule has 2 heteroatoms. The molecule has 0 saturated carbocycles. The molecule has 1 fully saturated rings. The van der Waals surface area contributed by atoms with Gasteiger partial charge in [0, 0.05) is 6.42 Å². The Balaban J connectivity index is 1.98. The number of rotatable bonds is 17. The van der Waals surface area contributed by atoms with Gasteiger partial charge in [0.15, 0.2) is 0 Å². The summed E-state index contributed by atoms with van der Waals surface area (Å²) in [6.07, 6.45) is 20.2. The number of ether oxygens (including phenoxy) is 1. The predicted octanol–water partition coefficient (Wildman–Crippen LogP) is 7.16. The molecule has 0 aliphatic carbocycles. The maximum atomic E-state index is 10.3. The van der Waals surface area contributed by atoms with Crippen LogP contribution in [0.2, 0.25) is 0 Å². The van der Waals surface area contributed by atoms with Crippen LogP contribution in [0.15, 0.2) is 12.3 Å². The smallest absolute Gasteiger partial charge is 0.110 e. The molecule has 1 heterocycles.